The van der Waals surface area contributed by atoms with Crippen molar-refractivity contribution in [1.29, 1.82) is 0 Å². The lowest BCUT2D eigenvalue weighted by Gasteiger charge is -2.29. The summed E-state index contributed by atoms with van der Waals surface area (Å²) >= 11 is 6.27. The fraction of sp³-hybridized carbons (Fsp3) is 0.500. The van der Waals surface area contributed by atoms with Crippen LogP contribution in [0.5, 0.6) is 0 Å². The molecule has 0 saturated carbocycles. The highest BCUT2D eigenvalue weighted by Gasteiger charge is 2.26. The predicted octanol–water partition coefficient (Wildman–Crippen LogP) is 2.45. The van der Waals surface area contributed by atoms with Gasteiger partial charge < -0.3 is 9.64 Å². The van der Waals surface area contributed by atoms with Crippen molar-refractivity contribution >= 4 is 28.6 Å². The highest BCUT2D eigenvalue weighted by molar-refractivity contribution is 6.31. The van der Waals surface area contributed by atoms with Gasteiger partial charge in [0.25, 0.3) is 0 Å². The van der Waals surface area contributed by atoms with Crippen LogP contribution in [0.4, 0.5) is 5.82 Å². The molecule has 0 radical (unpaired) electrons. The van der Waals surface area contributed by atoms with Crippen molar-refractivity contribution in [2.75, 3.05) is 31.2 Å². The molecule has 9 heteroatoms. The molecule has 1 aliphatic rings. The van der Waals surface area contributed by atoms with Crippen LogP contribution in [0, 0.1) is 0 Å². The summed E-state index contributed by atoms with van der Waals surface area (Å²) in [4.78, 5) is 16.2. The fourth-order valence-corrected chi connectivity index (χ4v) is 3.14. The second kappa shape index (κ2) is 7.01. The molecule has 1 saturated heterocycles. The third-order valence-electron chi connectivity index (χ3n) is 4.46. The van der Waals surface area contributed by atoms with Crippen LogP contribution in [-0.2, 0) is 16.7 Å². The van der Waals surface area contributed by atoms with E-state index in [-0.39, 0.29) is 5.41 Å². The minimum atomic E-state index is -0.201. The van der Waals surface area contributed by atoms with Crippen LogP contribution < -0.4 is 4.90 Å². The Labute approximate surface area is 162 Å². The molecule has 27 heavy (non-hydrogen) atoms. The molecule has 0 unspecified atom stereocenters. The van der Waals surface area contributed by atoms with Crippen LogP contribution in [-0.4, -0.2) is 56.2 Å². The van der Waals surface area contributed by atoms with Crippen molar-refractivity contribution in [1.82, 2.24) is 29.9 Å². The number of fused-ring (bicyclic) bond motifs is 1. The molecule has 0 bridgehead atoms. The molecule has 8 nitrogen and oxygen atoms in total. The first-order chi connectivity index (χ1) is 12.9. The van der Waals surface area contributed by atoms with Gasteiger partial charge in [-0.3, -0.25) is 4.98 Å². The van der Waals surface area contributed by atoms with Gasteiger partial charge in [-0.05, 0) is 12.1 Å². The quantitative estimate of drug-likeness (QED) is 0.682. The van der Waals surface area contributed by atoms with E-state index in [2.05, 4.69) is 41.0 Å². The number of hydrogen-bond donors (Lipinski definition) is 0. The zero-order valence-electron chi connectivity index (χ0n) is 15.7. The Kier molecular flexibility index (Phi) is 4.69. The lowest BCUT2D eigenvalue weighted by Crippen LogP contribution is -2.37. The molecule has 3 aromatic rings. The summed E-state index contributed by atoms with van der Waals surface area (Å²) in [7, 11) is 0. The maximum Gasteiger partial charge on any atom is 0.184 e. The van der Waals surface area contributed by atoms with Crippen molar-refractivity contribution in [3.63, 3.8) is 0 Å². The van der Waals surface area contributed by atoms with Gasteiger partial charge in [-0.2, -0.15) is 0 Å². The van der Waals surface area contributed by atoms with E-state index < -0.39 is 0 Å². The minimum absolute atomic E-state index is 0.201. The van der Waals surface area contributed by atoms with Gasteiger partial charge in [0, 0.05) is 24.7 Å². The average Bonchev–Trinajstić information content (AvgIpc) is 3.06. The van der Waals surface area contributed by atoms with Crippen molar-refractivity contribution in [3.8, 4) is 0 Å². The normalized spacial score (nSPS) is 15.5. The first-order valence-electron chi connectivity index (χ1n) is 8.97. The molecular formula is C18H22ClN7O. The van der Waals surface area contributed by atoms with Crippen LogP contribution >= 0.6 is 11.6 Å². The third kappa shape index (κ3) is 3.59. The van der Waals surface area contributed by atoms with E-state index in [1.165, 1.54) is 0 Å². The van der Waals surface area contributed by atoms with E-state index in [0.717, 1.165) is 30.4 Å². The molecule has 1 fully saturated rings. The topological polar surface area (TPSA) is 81.9 Å². The second-order valence-electron chi connectivity index (χ2n) is 7.57. The molecule has 1 aliphatic heterocycles. The van der Waals surface area contributed by atoms with E-state index in [1.807, 2.05) is 12.1 Å². The number of pyridine rings is 1. The molecular weight excluding hydrogens is 366 g/mol. The van der Waals surface area contributed by atoms with Crippen LogP contribution in [0.1, 0.15) is 32.3 Å². The number of aromatic nitrogens is 6. The van der Waals surface area contributed by atoms with Gasteiger partial charge in [-0.25, -0.2) is 14.6 Å². The molecule has 0 aliphatic carbocycles. The summed E-state index contributed by atoms with van der Waals surface area (Å²) < 4.78 is 7.22. The zero-order valence-corrected chi connectivity index (χ0v) is 16.4. The molecule has 0 amide bonds. The molecule has 3 aromatic heterocycles. The number of morpholine rings is 1. The maximum atomic E-state index is 6.27. The van der Waals surface area contributed by atoms with Gasteiger partial charge in [0.15, 0.2) is 17.0 Å². The van der Waals surface area contributed by atoms with E-state index >= 15 is 0 Å². The summed E-state index contributed by atoms with van der Waals surface area (Å²) in [6, 6.07) is 3.62. The Bertz CT molecular complexity index is 960. The fourth-order valence-electron chi connectivity index (χ4n) is 2.96. The molecule has 4 rings (SSSR count). The lowest BCUT2D eigenvalue weighted by molar-refractivity contribution is 0.122. The smallest absolute Gasteiger partial charge is 0.184 e. The van der Waals surface area contributed by atoms with E-state index in [4.69, 9.17) is 26.3 Å². The van der Waals surface area contributed by atoms with Gasteiger partial charge >= 0.3 is 0 Å². The lowest BCUT2D eigenvalue weighted by atomic mass is 9.96. The molecule has 4 heterocycles. The number of nitrogens with zero attached hydrogens (tertiary/aromatic N) is 7. The van der Waals surface area contributed by atoms with Crippen LogP contribution in [0.3, 0.4) is 0 Å². The first kappa shape index (κ1) is 18.1. The standard InChI is InChI=1S/C18H22ClN7O/c1-18(2,3)17-21-15(25-7-9-27-10-8-25)14-16(22-17)26(24-23-14)11-13-12(19)5-4-6-20-13/h4-6H,7-11H2,1-3H3. The van der Waals surface area contributed by atoms with Crippen molar-refractivity contribution in [2.45, 2.75) is 32.7 Å². The van der Waals surface area contributed by atoms with Crippen LogP contribution in [0.15, 0.2) is 18.3 Å². The summed E-state index contributed by atoms with van der Waals surface area (Å²) in [5, 5.41) is 9.29. The first-order valence-corrected chi connectivity index (χ1v) is 9.35. The molecule has 0 aromatic carbocycles. The molecule has 0 atom stereocenters. The summed E-state index contributed by atoms with van der Waals surface area (Å²) in [6.45, 7) is 9.59. The summed E-state index contributed by atoms with van der Waals surface area (Å²) in [5.41, 5.74) is 1.91. The predicted molar refractivity (Wildman–Crippen MR) is 103 cm³/mol. The Balaban J connectivity index is 1.83. The molecule has 142 valence electrons. The number of hydrogen-bond acceptors (Lipinski definition) is 7. The number of anilines is 1. The van der Waals surface area contributed by atoms with Gasteiger partial charge in [0.2, 0.25) is 0 Å². The SMILES string of the molecule is CC(C)(C)c1nc(N2CCOCC2)c2nnn(Cc3ncccc3Cl)c2n1. The largest absolute Gasteiger partial charge is 0.378 e. The summed E-state index contributed by atoms with van der Waals surface area (Å²) in [6.07, 6.45) is 1.72. The van der Waals surface area contributed by atoms with Gasteiger partial charge in [0.1, 0.15) is 5.82 Å². The second-order valence-corrected chi connectivity index (χ2v) is 7.98. The minimum Gasteiger partial charge on any atom is -0.378 e. The van der Waals surface area contributed by atoms with Crippen molar-refractivity contribution < 1.29 is 4.74 Å². The van der Waals surface area contributed by atoms with Crippen LogP contribution in [0.25, 0.3) is 11.2 Å². The Morgan fingerprint density at radius 1 is 1.19 bits per heavy atom. The Morgan fingerprint density at radius 2 is 1.96 bits per heavy atom. The molecule has 0 spiro atoms. The van der Waals surface area contributed by atoms with E-state index in [9.17, 15) is 0 Å². The van der Waals surface area contributed by atoms with Crippen LogP contribution in [0.2, 0.25) is 5.02 Å². The molecule has 0 N–H and O–H groups in total. The van der Waals surface area contributed by atoms with E-state index in [1.54, 1.807) is 10.9 Å². The van der Waals surface area contributed by atoms with Gasteiger partial charge in [-0.15, -0.1) is 5.10 Å². The number of rotatable bonds is 3. The Hall–Kier alpha value is -2.32. The third-order valence-corrected chi connectivity index (χ3v) is 4.80. The summed E-state index contributed by atoms with van der Waals surface area (Å²) in [5.74, 6) is 1.57. The van der Waals surface area contributed by atoms with Gasteiger partial charge in [0.05, 0.1) is 30.5 Å². The number of halogens is 1. The van der Waals surface area contributed by atoms with Crippen molar-refractivity contribution in [3.05, 3.63) is 34.9 Å². The highest BCUT2D eigenvalue weighted by Crippen LogP contribution is 2.28. The highest BCUT2D eigenvalue weighted by atomic mass is 35.5. The monoisotopic (exact) mass is 387 g/mol. The Morgan fingerprint density at radius 3 is 2.67 bits per heavy atom. The van der Waals surface area contributed by atoms with Gasteiger partial charge in [-0.1, -0.05) is 37.6 Å². The zero-order chi connectivity index (χ0) is 19.0. The van der Waals surface area contributed by atoms with Crippen molar-refractivity contribution in [2.24, 2.45) is 0 Å². The number of ether oxygens (including phenoxy) is 1. The average molecular weight is 388 g/mol. The maximum absolute atomic E-state index is 6.27. The van der Waals surface area contributed by atoms with E-state index in [0.29, 0.717) is 35.9 Å².